The molecule has 1 heterocycles. The number of carbonyl (C=O) groups is 2. The van der Waals surface area contributed by atoms with Gasteiger partial charge in [-0.05, 0) is 31.0 Å². The summed E-state index contributed by atoms with van der Waals surface area (Å²) >= 11 is 0. The van der Waals surface area contributed by atoms with Gasteiger partial charge in [-0.3, -0.25) is 9.69 Å². The molecular weight excluding hydrogens is 418 g/mol. The van der Waals surface area contributed by atoms with Crippen LogP contribution in [0.2, 0.25) is 0 Å². The first kappa shape index (κ1) is 24.4. The van der Waals surface area contributed by atoms with Gasteiger partial charge in [-0.15, -0.1) is 0 Å². The molecule has 2 N–H and O–H groups in total. The molecule has 0 saturated carbocycles. The smallest absolute Gasteiger partial charge is 0.236 e. The van der Waals surface area contributed by atoms with Crippen LogP contribution in [0.1, 0.15) is 48.5 Å². The summed E-state index contributed by atoms with van der Waals surface area (Å²) in [6, 6.07) is 18.7. The van der Waals surface area contributed by atoms with Crippen molar-refractivity contribution in [1.82, 2.24) is 15.2 Å². The molecule has 1 aromatic heterocycles. The van der Waals surface area contributed by atoms with E-state index in [4.69, 9.17) is 4.42 Å². The molecule has 7 heteroatoms. The predicted molar refractivity (Wildman–Crippen MR) is 125 cm³/mol. The molecule has 2 aromatic carbocycles. The minimum absolute atomic E-state index is 0.0197. The third-order valence-corrected chi connectivity index (χ3v) is 5.46. The zero-order chi connectivity index (χ0) is 23.5. The first-order chi connectivity index (χ1) is 16.0. The number of nitrogens with one attached hydrogen (secondary N) is 1. The summed E-state index contributed by atoms with van der Waals surface area (Å²) in [5.41, 5.74) is -0.172. The van der Waals surface area contributed by atoms with Crippen LogP contribution < -0.4 is 5.32 Å². The second kappa shape index (κ2) is 12.1. The van der Waals surface area contributed by atoms with Gasteiger partial charge in [-0.1, -0.05) is 60.7 Å². The van der Waals surface area contributed by atoms with Crippen molar-refractivity contribution in [3.05, 3.63) is 89.6 Å². The number of hydrogen-bond acceptors (Lipinski definition) is 6. The molecule has 0 aliphatic heterocycles. The Balaban J connectivity index is 1.62. The largest absolute Gasteiger partial charge is 0.441 e. The zero-order valence-electron chi connectivity index (χ0n) is 18.9. The minimum Gasteiger partial charge on any atom is -0.441 e. The number of oxazole rings is 1. The number of carbonyl (C=O) groups excluding carboxylic acids is 2. The highest BCUT2D eigenvalue weighted by atomic mass is 16.4. The van der Waals surface area contributed by atoms with E-state index in [1.165, 1.54) is 0 Å². The van der Waals surface area contributed by atoms with Gasteiger partial charge < -0.3 is 19.6 Å². The molecular formula is C26H31N3O4. The molecule has 3 rings (SSSR count). The van der Waals surface area contributed by atoms with E-state index in [0.29, 0.717) is 49.4 Å². The Morgan fingerprint density at radius 1 is 1.09 bits per heavy atom. The number of unbranched alkanes of at least 4 members (excludes halogenated alkanes) is 2. The Hall–Kier alpha value is -3.29. The van der Waals surface area contributed by atoms with E-state index in [9.17, 15) is 14.7 Å². The lowest BCUT2D eigenvalue weighted by Gasteiger charge is -2.26. The SMILES string of the molecule is CN(CCC(=O)NCCCCC=O)Cc1cnc(C(O)(c2ccccc2)c2ccccc2)o1. The second-order valence-electron chi connectivity index (χ2n) is 8.07. The van der Waals surface area contributed by atoms with Crippen LogP contribution in [0.3, 0.4) is 0 Å². The summed E-state index contributed by atoms with van der Waals surface area (Å²) in [6.07, 6.45) is 5.00. The quantitative estimate of drug-likeness (QED) is 0.307. The first-order valence-corrected chi connectivity index (χ1v) is 11.2. The van der Waals surface area contributed by atoms with E-state index in [1.54, 1.807) is 6.20 Å². The topological polar surface area (TPSA) is 95.7 Å². The standard InChI is InChI=1S/C26H31N3O4/c1-29(17-15-24(31)27-16-9-4-10-18-30)20-23-19-28-25(33-23)26(32,21-11-5-2-6-12-21)22-13-7-3-8-14-22/h2-3,5-8,11-14,18-19,32H,4,9-10,15-17,20H2,1H3,(H,27,31). The highest BCUT2D eigenvalue weighted by Crippen LogP contribution is 2.36. The van der Waals surface area contributed by atoms with Crippen LogP contribution in [0, 0.1) is 0 Å². The van der Waals surface area contributed by atoms with E-state index in [-0.39, 0.29) is 11.8 Å². The van der Waals surface area contributed by atoms with E-state index in [0.717, 1.165) is 19.1 Å². The summed E-state index contributed by atoms with van der Waals surface area (Å²) < 4.78 is 6.01. The number of aldehydes is 1. The van der Waals surface area contributed by atoms with Crippen molar-refractivity contribution in [3.8, 4) is 0 Å². The Bertz CT molecular complexity index is 965. The van der Waals surface area contributed by atoms with Crippen molar-refractivity contribution in [3.63, 3.8) is 0 Å². The first-order valence-electron chi connectivity index (χ1n) is 11.2. The highest BCUT2D eigenvalue weighted by molar-refractivity contribution is 5.76. The normalized spacial score (nSPS) is 11.5. The number of aromatic nitrogens is 1. The van der Waals surface area contributed by atoms with Gasteiger partial charge >= 0.3 is 0 Å². The average Bonchev–Trinajstić information content (AvgIpc) is 3.32. The summed E-state index contributed by atoms with van der Waals surface area (Å²) in [4.78, 5) is 28.7. The predicted octanol–water partition coefficient (Wildman–Crippen LogP) is 3.27. The molecule has 0 aliphatic carbocycles. The van der Waals surface area contributed by atoms with Crippen LogP contribution >= 0.6 is 0 Å². The fourth-order valence-electron chi connectivity index (χ4n) is 3.63. The lowest BCUT2D eigenvalue weighted by atomic mass is 9.86. The van der Waals surface area contributed by atoms with Crippen LogP contribution in [0.15, 0.2) is 71.3 Å². The summed E-state index contributed by atoms with van der Waals surface area (Å²) in [7, 11) is 1.90. The lowest BCUT2D eigenvalue weighted by molar-refractivity contribution is -0.121. The Labute approximate surface area is 194 Å². The van der Waals surface area contributed by atoms with Gasteiger partial charge in [-0.2, -0.15) is 0 Å². The van der Waals surface area contributed by atoms with Gasteiger partial charge in [0.05, 0.1) is 12.7 Å². The average molecular weight is 450 g/mol. The number of amides is 1. The summed E-state index contributed by atoms with van der Waals surface area (Å²) in [5, 5.41) is 14.6. The lowest BCUT2D eigenvalue weighted by Crippen LogP contribution is -2.29. The third kappa shape index (κ3) is 6.60. The summed E-state index contributed by atoms with van der Waals surface area (Å²) in [6.45, 7) is 1.59. The molecule has 0 saturated heterocycles. The molecule has 174 valence electrons. The van der Waals surface area contributed by atoms with Crippen LogP contribution in [-0.4, -0.2) is 47.3 Å². The van der Waals surface area contributed by atoms with E-state index >= 15 is 0 Å². The molecule has 33 heavy (non-hydrogen) atoms. The van der Waals surface area contributed by atoms with Crippen molar-refractivity contribution in [1.29, 1.82) is 0 Å². The van der Waals surface area contributed by atoms with Gasteiger partial charge in [0.15, 0.2) is 5.60 Å². The highest BCUT2D eigenvalue weighted by Gasteiger charge is 2.38. The Kier molecular flexibility index (Phi) is 8.92. The molecule has 3 aromatic rings. The van der Waals surface area contributed by atoms with E-state index < -0.39 is 5.60 Å². The molecule has 7 nitrogen and oxygen atoms in total. The van der Waals surface area contributed by atoms with Gasteiger partial charge in [0.1, 0.15) is 12.0 Å². The molecule has 0 aliphatic rings. The van der Waals surface area contributed by atoms with Crippen LogP contribution in [0.25, 0.3) is 0 Å². The van der Waals surface area contributed by atoms with Gasteiger partial charge in [0.25, 0.3) is 0 Å². The molecule has 0 atom stereocenters. The maximum atomic E-state index is 12.0. The number of hydrogen-bond donors (Lipinski definition) is 2. The number of benzene rings is 2. The Morgan fingerprint density at radius 3 is 2.33 bits per heavy atom. The van der Waals surface area contributed by atoms with Crippen LogP contribution in [0.5, 0.6) is 0 Å². The molecule has 0 radical (unpaired) electrons. The van der Waals surface area contributed by atoms with Crippen molar-refractivity contribution < 1.29 is 19.1 Å². The second-order valence-corrected chi connectivity index (χ2v) is 8.07. The monoisotopic (exact) mass is 449 g/mol. The van der Waals surface area contributed by atoms with Gasteiger partial charge in [-0.25, -0.2) is 4.98 Å². The van der Waals surface area contributed by atoms with Crippen molar-refractivity contribution in [2.75, 3.05) is 20.1 Å². The molecule has 0 fully saturated rings. The van der Waals surface area contributed by atoms with Crippen molar-refractivity contribution >= 4 is 12.2 Å². The molecule has 0 bridgehead atoms. The molecule has 0 spiro atoms. The zero-order valence-corrected chi connectivity index (χ0v) is 18.9. The van der Waals surface area contributed by atoms with Crippen molar-refractivity contribution in [2.24, 2.45) is 0 Å². The maximum Gasteiger partial charge on any atom is 0.236 e. The number of aliphatic hydroxyl groups is 1. The maximum absolute atomic E-state index is 12.0. The molecule has 0 unspecified atom stereocenters. The van der Waals surface area contributed by atoms with Crippen LogP contribution in [0.4, 0.5) is 0 Å². The van der Waals surface area contributed by atoms with Crippen LogP contribution in [-0.2, 0) is 21.7 Å². The molecule has 1 amide bonds. The van der Waals surface area contributed by atoms with E-state index in [1.807, 2.05) is 72.6 Å². The van der Waals surface area contributed by atoms with Gasteiger partial charge in [0.2, 0.25) is 11.8 Å². The summed E-state index contributed by atoms with van der Waals surface area (Å²) in [5.74, 6) is 0.789. The Morgan fingerprint density at radius 2 is 1.73 bits per heavy atom. The number of rotatable bonds is 13. The van der Waals surface area contributed by atoms with Gasteiger partial charge in [0, 0.05) is 25.9 Å². The minimum atomic E-state index is -1.51. The number of nitrogens with zero attached hydrogens (tertiary/aromatic N) is 2. The fourth-order valence-corrected chi connectivity index (χ4v) is 3.63. The van der Waals surface area contributed by atoms with E-state index in [2.05, 4.69) is 10.3 Å². The third-order valence-electron chi connectivity index (χ3n) is 5.46. The van der Waals surface area contributed by atoms with Crippen molar-refractivity contribution in [2.45, 2.75) is 37.8 Å². The fraction of sp³-hybridized carbons (Fsp3) is 0.346.